The number of methoxy groups -OCH3 is 2. The average Bonchev–Trinajstić information content (AvgIpc) is 2.26. The molecule has 1 aromatic carbocycles. The summed E-state index contributed by atoms with van der Waals surface area (Å²) in [5.74, 6) is 1.53. The van der Waals surface area contributed by atoms with Crippen LogP contribution in [0.1, 0.15) is 10.9 Å². The molecule has 0 radical (unpaired) electrons. The van der Waals surface area contributed by atoms with E-state index < -0.39 is 0 Å². The first-order chi connectivity index (χ1) is 7.13. The minimum Gasteiger partial charge on any atom is -0.496 e. The molecule has 0 saturated carbocycles. The molecule has 2 N–H and O–H groups in total. The minimum atomic E-state index is -0.371. The molecule has 1 unspecified atom stereocenters. The molecule has 84 valence electrons. The van der Waals surface area contributed by atoms with Gasteiger partial charge in [0.05, 0.1) is 24.5 Å². The second-order valence-electron chi connectivity index (χ2n) is 2.89. The van der Waals surface area contributed by atoms with E-state index >= 15 is 0 Å². The Morgan fingerprint density at radius 1 is 1.27 bits per heavy atom. The first-order valence-corrected chi connectivity index (χ1v) is 6.11. The van der Waals surface area contributed by atoms with Crippen LogP contribution in [0.15, 0.2) is 17.0 Å². The molecule has 3 nitrogen and oxygen atoms in total. The van der Waals surface area contributed by atoms with E-state index in [1.807, 2.05) is 18.4 Å². The number of rotatable bonds is 4. The quantitative estimate of drug-likeness (QED) is 0.485. The number of hydrogen-bond acceptors (Lipinski definition) is 5. The molecule has 0 spiro atoms. The van der Waals surface area contributed by atoms with Crippen LogP contribution in [0.25, 0.3) is 0 Å². The van der Waals surface area contributed by atoms with Crippen molar-refractivity contribution in [2.45, 2.75) is 10.3 Å². The van der Waals surface area contributed by atoms with Crippen LogP contribution in [0.4, 0.5) is 0 Å². The van der Waals surface area contributed by atoms with Crippen LogP contribution in [0.3, 0.4) is 0 Å². The summed E-state index contributed by atoms with van der Waals surface area (Å²) in [6.07, 6.45) is 1.98. The molecular formula is C10H15NO2S2. The van der Waals surface area contributed by atoms with Gasteiger partial charge in [-0.25, -0.2) is 0 Å². The smallest absolute Gasteiger partial charge is 0.133 e. The largest absolute Gasteiger partial charge is 0.496 e. The van der Waals surface area contributed by atoms with Crippen LogP contribution in [-0.2, 0) is 0 Å². The Bertz CT molecular complexity index is 342. The van der Waals surface area contributed by atoms with Gasteiger partial charge in [-0.3, -0.25) is 0 Å². The lowest BCUT2D eigenvalue weighted by atomic mass is 10.2. The van der Waals surface area contributed by atoms with Crippen LogP contribution < -0.4 is 15.2 Å². The number of ether oxygens (including phenoxy) is 2. The highest BCUT2D eigenvalue weighted by Crippen LogP contribution is 2.37. The van der Waals surface area contributed by atoms with Crippen molar-refractivity contribution in [2.75, 3.05) is 20.5 Å². The van der Waals surface area contributed by atoms with Gasteiger partial charge in [-0.2, -0.15) is 12.6 Å². The number of nitrogens with two attached hydrogens (primary N) is 1. The number of thiol groups is 1. The summed E-state index contributed by atoms with van der Waals surface area (Å²) in [6, 6.07) is 3.78. The standard InChI is InChI=1S/C10H15NO2S2/c1-12-7-5-9(15-3)8(13-2)4-6(7)10(11)14/h4-5,10,14H,11H2,1-3H3. The van der Waals surface area contributed by atoms with Gasteiger partial charge in [0, 0.05) is 5.56 Å². The first kappa shape index (κ1) is 12.5. The normalized spacial score (nSPS) is 12.3. The summed E-state index contributed by atoms with van der Waals surface area (Å²) in [7, 11) is 3.25. The Morgan fingerprint density at radius 3 is 2.27 bits per heavy atom. The second-order valence-corrected chi connectivity index (χ2v) is 4.30. The zero-order valence-corrected chi connectivity index (χ0v) is 10.7. The summed E-state index contributed by atoms with van der Waals surface area (Å²) in [6.45, 7) is 0. The number of thioether (sulfide) groups is 1. The molecule has 15 heavy (non-hydrogen) atoms. The summed E-state index contributed by atoms with van der Waals surface area (Å²) in [4.78, 5) is 1.02. The molecule has 1 atom stereocenters. The molecule has 0 bridgehead atoms. The molecule has 1 rings (SSSR count). The summed E-state index contributed by atoms with van der Waals surface area (Å²) >= 11 is 5.80. The van der Waals surface area contributed by atoms with Crippen molar-refractivity contribution in [3.8, 4) is 11.5 Å². The van der Waals surface area contributed by atoms with E-state index in [2.05, 4.69) is 12.6 Å². The lowest BCUT2D eigenvalue weighted by Gasteiger charge is -2.15. The highest BCUT2D eigenvalue weighted by molar-refractivity contribution is 7.98. The van der Waals surface area contributed by atoms with Gasteiger partial charge in [0.15, 0.2) is 0 Å². The van der Waals surface area contributed by atoms with E-state index in [0.717, 1.165) is 22.0 Å². The van der Waals surface area contributed by atoms with Gasteiger partial charge in [0.1, 0.15) is 11.5 Å². The Balaban J connectivity index is 3.27. The van der Waals surface area contributed by atoms with E-state index in [4.69, 9.17) is 15.2 Å². The maximum atomic E-state index is 5.73. The molecule has 0 aliphatic carbocycles. The maximum absolute atomic E-state index is 5.73. The molecular weight excluding hydrogens is 230 g/mol. The third-order valence-electron chi connectivity index (χ3n) is 2.05. The van der Waals surface area contributed by atoms with Crippen LogP contribution >= 0.6 is 24.4 Å². The highest BCUT2D eigenvalue weighted by atomic mass is 32.2. The van der Waals surface area contributed by atoms with Crippen LogP contribution in [0.5, 0.6) is 11.5 Å². The van der Waals surface area contributed by atoms with E-state index in [1.54, 1.807) is 26.0 Å². The lowest BCUT2D eigenvalue weighted by molar-refractivity contribution is 0.390. The third-order valence-corrected chi connectivity index (χ3v) is 3.09. The molecule has 0 aromatic heterocycles. The van der Waals surface area contributed by atoms with E-state index in [9.17, 15) is 0 Å². The molecule has 0 amide bonds. The van der Waals surface area contributed by atoms with Gasteiger partial charge in [0.2, 0.25) is 0 Å². The molecule has 5 heteroatoms. The van der Waals surface area contributed by atoms with Crippen molar-refractivity contribution < 1.29 is 9.47 Å². The Hall–Kier alpha value is -0.520. The minimum absolute atomic E-state index is 0.371. The van der Waals surface area contributed by atoms with Crippen molar-refractivity contribution in [3.05, 3.63) is 17.7 Å². The van der Waals surface area contributed by atoms with E-state index in [-0.39, 0.29) is 5.37 Å². The van der Waals surface area contributed by atoms with Crippen molar-refractivity contribution in [2.24, 2.45) is 5.73 Å². The van der Waals surface area contributed by atoms with Crippen molar-refractivity contribution >= 4 is 24.4 Å². The van der Waals surface area contributed by atoms with E-state index in [1.165, 1.54) is 0 Å². The lowest BCUT2D eigenvalue weighted by Crippen LogP contribution is -2.05. The van der Waals surface area contributed by atoms with Gasteiger partial charge >= 0.3 is 0 Å². The Labute approximate surface area is 99.7 Å². The van der Waals surface area contributed by atoms with Crippen LogP contribution in [0.2, 0.25) is 0 Å². The van der Waals surface area contributed by atoms with Crippen molar-refractivity contribution in [1.82, 2.24) is 0 Å². The average molecular weight is 245 g/mol. The summed E-state index contributed by atoms with van der Waals surface area (Å²) in [5.41, 5.74) is 6.56. The topological polar surface area (TPSA) is 44.5 Å². The summed E-state index contributed by atoms with van der Waals surface area (Å²) < 4.78 is 10.5. The molecule has 0 aliphatic rings. The van der Waals surface area contributed by atoms with Gasteiger partial charge in [-0.15, -0.1) is 11.8 Å². The monoisotopic (exact) mass is 245 g/mol. The van der Waals surface area contributed by atoms with E-state index in [0.29, 0.717) is 0 Å². The van der Waals surface area contributed by atoms with Gasteiger partial charge in [0.25, 0.3) is 0 Å². The van der Waals surface area contributed by atoms with Gasteiger partial charge in [-0.1, -0.05) is 0 Å². The van der Waals surface area contributed by atoms with Crippen molar-refractivity contribution in [1.29, 1.82) is 0 Å². The molecule has 0 saturated heterocycles. The fraction of sp³-hybridized carbons (Fsp3) is 0.400. The Morgan fingerprint density at radius 2 is 1.87 bits per heavy atom. The Kier molecular flexibility index (Phi) is 4.63. The fourth-order valence-corrected chi connectivity index (χ4v) is 2.05. The number of benzene rings is 1. The zero-order chi connectivity index (χ0) is 11.4. The van der Waals surface area contributed by atoms with Crippen molar-refractivity contribution in [3.63, 3.8) is 0 Å². The summed E-state index contributed by atoms with van der Waals surface area (Å²) in [5, 5.41) is -0.371. The molecule has 1 aromatic rings. The molecule has 0 aliphatic heterocycles. The first-order valence-electron chi connectivity index (χ1n) is 4.37. The SMILES string of the molecule is COc1cc(C(N)S)c(OC)cc1SC. The predicted molar refractivity (Wildman–Crippen MR) is 67.2 cm³/mol. The van der Waals surface area contributed by atoms with Crippen LogP contribution in [0, 0.1) is 0 Å². The number of hydrogen-bond donors (Lipinski definition) is 2. The molecule has 0 fully saturated rings. The molecule has 0 heterocycles. The zero-order valence-electron chi connectivity index (χ0n) is 8.98. The second kappa shape index (κ2) is 5.53. The predicted octanol–water partition coefficient (Wildman–Crippen LogP) is 2.31. The maximum Gasteiger partial charge on any atom is 0.133 e. The fourth-order valence-electron chi connectivity index (χ4n) is 1.28. The van der Waals surface area contributed by atoms with Crippen LogP contribution in [-0.4, -0.2) is 20.5 Å². The van der Waals surface area contributed by atoms with Gasteiger partial charge in [-0.05, 0) is 18.4 Å². The highest BCUT2D eigenvalue weighted by Gasteiger charge is 2.13. The van der Waals surface area contributed by atoms with Gasteiger partial charge < -0.3 is 15.2 Å². The third kappa shape index (κ3) is 2.74.